The van der Waals surface area contributed by atoms with Gasteiger partial charge in [-0.15, -0.1) is 0 Å². The molecule has 0 spiro atoms. The summed E-state index contributed by atoms with van der Waals surface area (Å²) >= 11 is 2.86. The van der Waals surface area contributed by atoms with Crippen LogP contribution in [0, 0.1) is 0 Å². The molecule has 0 radical (unpaired) electrons. The molecule has 1 unspecified atom stereocenters. The average Bonchev–Trinajstić information content (AvgIpc) is 2.29. The summed E-state index contributed by atoms with van der Waals surface area (Å²) in [6.07, 6.45) is 0. The number of rotatable bonds is 5. The molecule has 94 valence electrons. The molecule has 0 saturated carbocycles. The highest BCUT2D eigenvalue weighted by atomic mass is 79.9. The van der Waals surface area contributed by atoms with Gasteiger partial charge in [-0.1, -0.05) is 46.3 Å². The number of esters is 1. The third-order valence-electron chi connectivity index (χ3n) is 2.00. The summed E-state index contributed by atoms with van der Waals surface area (Å²) in [5.41, 5.74) is 0.640. The third kappa shape index (κ3) is 4.12. The van der Waals surface area contributed by atoms with Gasteiger partial charge < -0.3 is 4.74 Å². The molecule has 0 bridgehead atoms. The van der Waals surface area contributed by atoms with E-state index in [2.05, 4.69) is 20.7 Å². The molecule has 1 aromatic carbocycles. The second-order valence-electron chi connectivity index (χ2n) is 3.36. The van der Waals surface area contributed by atoms with Gasteiger partial charge in [0.15, 0.2) is 9.84 Å². The lowest BCUT2D eigenvalue weighted by Gasteiger charge is -2.10. The van der Waals surface area contributed by atoms with Crippen LogP contribution in [0.2, 0.25) is 0 Å². The predicted octanol–water partition coefficient (Wildman–Crippen LogP) is 1.89. The molecule has 0 heterocycles. The molecule has 1 atom stereocenters. The van der Waals surface area contributed by atoms with Gasteiger partial charge in [-0.2, -0.15) is 0 Å². The van der Waals surface area contributed by atoms with Crippen LogP contribution in [-0.4, -0.2) is 25.2 Å². The first-order valence-electron chi connectivity index (χ1n) is 5.03. The maximum atomic E-state index is 11.9. The van der Waals surface area contributed by atoms with Gasteiger partial charge in [0.2, 0.25) is 4.16 Å². The highest BCUT2D eigenvalue weighted by Crippen LogP contribution is 2.17. The van der Waals surface area contributed by atoms with Crippen molar-refractivity contribution in [1.29, 1.82) is 0 Å². The maximum Gasteiger partial charge on any atom is 0.335 e. The van der Waals surface area contributed by atoms with Gasteiger partial charge in [-0.3, -0.25) is 0 Å². The summed E-state index contributed by atoms with van der Waals surface area (Å²) in [4.78, 5) is 11.3. The number of benzene rings is 1. The van der Waals surface area contributed by atoms with Gasteiger partial charge in [-0.05, 0) is 12.5 Å². The summed E-state index contributed by atoms with van der Waals surface area (Å²) in [5, 5.41) is 0. The summed E-state index contributed by atoms with van der Waals surface area (Å²) in [5.74, 6) is -0.966. The van der Waals surface area contributed by atoms with Crippen molar-refractivity contribution in [2.75, 3.05) is 6.61 Å². The minimum absolute atomic E-state index is 0.155. The van der Waals surface area contributed by atoms with Crippen LogP contribution in [0.5, 0.6) is 0 Å². The molecule has 0 saturated heterocycles. The van der Waals surface area contributed by atoms with Crippen molar-refractivity contribution < 1.29 is 17.9 Å². The van der Waals surface area contributed by atoms with Gasteiger partial charge in [0, 0.05) is 0 Å². The molecule has 6 heteroatoms. The molecule has 1 rings (SSSR count). The lowest BCUT2D eigenvalue weighted by Crippen LogP contribution is -2.27. The van der Waals surface area contributed by atoms with E-state index in [-0.39, 0.29) is 12.4 Å². The van der Waals surface area contributed by atoms with E-state index in [0.717, 1.165) is 0 Å². The van der Waals surface area contributed by atoms with Crippen LogP contribution in [0.4, 0.5) is 0 Å². The van der Waals surface area contributed by atoms with Crippen LogP contribution in [0.15, 0.2) is 30.3 Å². The van der Waals surface area contributed by atoms with Crippen LogP contribution < -0.4 is 0 Å². The SMILES string of the molecule is CCOC(=O)C(Br)S(=O)(=O)Cc1ccccc1. The van der Waals surface area contributed by atoms with Crippen molar-refractivity contribution in [3.63, 3.8) is 0 Å². The predicted molar refractivity (Wildman–Crippen MR) is 68.4 cm³/mol. The van der Waals surface area contributed by atoms with E-state index >= 15 is 0 Å². The highest BCUT2D eigenvalue weighted by Gasteiger charge is 2.31. The van der Waals surface area contributed by atoms with E-state index < -0.39 is 20.0 Å². The Balaban J connectivity index is 2.79. The number of alkyl halides is 1. The second kappa shape index (κ2) is 6.16. The molecule has 0 aliphatic rings. The molecule has 0 aliphatic carbocycles. The molecular weight excluding hydrogens is 308 g/mol. The number of ether oxygens (including phenoxy) is 1. The quantitative estimate of drug-likeness (QED) is 0.614. The van der Waals surface area contributed by atoms with Crippen LogP contribution in [0.3, 0.4) is 0 Å². The Morgan fingerprint density at radius 2 is 1.94 bits per heavy atom. The lowest BCUT2D eigenvalue weighted by molar-refractivity contribution is -0.140. The molecule has 0 aromatic heterocycles. The summed E-state index contributed by atoms with van der Waals surface area (Å²) < 4.78 is 27.1. The van der Waals surface area contributed by atoms with Crippen LogP contribution in [-0.2, 0) is 25.1 Å². The number of halogens is 1. The van der Waals surface area contributed by atoms with Crippen LogP contribution in [0.1, 0.15) is 12.5 Å². The Morgan fingerprint density at radius 1 is 1.35 bits per heavy atom. The van der Waals surface area contributed by atoms with Crippen LogP contribution in [0.25, 0.3) is 0 Å². The van der Waals surface area contributed by atoms with Crippen molar-refractivity contribution in [3.05, 3.63) is 35.9 Å². The monoisotopic (exact) mass is 320 g/mol. The Kier molecular flexibility index (Phi) is 5.14. The molecule has 4 nitrogen and oxygen atoms in total. The van der Waals surface area contributed by atoms with Crippen molar-refractivity contribution in [3.8, 4) is 0 Å². The van der Waals surface area contributed by atoms with Crippen molar-refractivity contribution in [2.24, 2.45) is 0 Å². The first-order valence-corrected chi connectivity index (χ1v) is 7.66. The molecule has 0 aliphatic heterocycles. The minimum atomic E-state index is -3.59. The molecule has 0 N–H and O–H groups in total. The molecule has 17 heavy (non-hydrogen) atoms. The van der Waals surface area contributed by atoms with Crippen molar-refractivity contribution in [2.45, 2.75) is 16.8 Å². The Hall–Kier alpha value is -0.880. The largest absolute Gasteiger partial charge is 0.464 e. The summed E-state index contributed by atoms with van der Waals surface area (Å²) in [6, 6.07) is 8.69. The number of carbonyl (C=O) groups excluding carboxylic acids is 1. The number of hydrogen-bond acceptors (Lipinski definition) is 4. The summed E-state index contributed by atoms with van der Waals surface area (Å²) in [7, 11) is -3.59. The fraction of sp³-hybridized carbons (Fsp3) is 0.364. The average molecular weight is 321 g/mol. The normalized spacial score (nSPS) is 13.1. The van der Waals surface area contributed by atoms with E-state index in [0.29, 0.717) is 5.56 Å². The Labute approximate surface area is 109 Å². The third-order valence-corrected chi connectivity index (χ3v) is 5.64. The zero-order chi connectivity index (χ0) is 12.9. The van der Waals surface area contributed by atoms with Crippen LogP contribution >= 0.6 is 15.9 Å². The lowest BCUT2D eigenvalue weighted by atomic mass is 10.2. The maximum absolute atomic E-state index is 11.9. The van der Waals surface area contributed by atoms with E-state index in [9.17, 15) is 13.2 Å². The molecule has 0 amide bonds. The van der Waals surface area contributed by atoms with E-state index in [1.807, 2.05) is 0 Å². The fourth-order valence-corrected chi connectivity index (χ4v) is 2.93. The number of carbonyl (C=O) groups is 1. The summed E-state index contributed by atoms with van der Waals surface area (Å²) in [6.45, 7) is 1.78. The minimum Gasteiger partial charge on any atom is -0.464 e. The zero-order valence-electron chi connectivity index (χ0n) is 9.30. The van der Waals surface area contributed by atoms with Gasteiger partial charge >= 0.3 is 5.97 Å². The van der Waals surface area contributed by atoms with Gasteiger partial charge in [0.05, 0.1) is 12.4 Å². The Bertz CT molecular complexity index is 470. The van der Waals surface area contributed by atoms with E-state index in [4.69, 9.17) is 0 Å². The van der Waals surface area contributed by atoms with Crippen molar-refractivity contribution >= 4 is 31.7 Å². The van der Waals surface area contributed by atoms with Crippen molar-refractivity contribution in [1.82, 2.24) is 0 Å². The van der Waals surface area contributed by atoms with Gasteiger partial charge in [0.1, 0.15) is 0 Å². The molecule has 0 fully saturated rings. The highest BCUT2D eigenvalue weighted by molar-refractivity contribution is 9.11. The smallest absolute Gasteiger partial charge is 0.335 e. The second-order valence-corrected chi connectivity index (χ2v) is 6.97. The fourth-order valence-electron chi connectivity index (χ4n) is 1.23. The molecular formula is C11H13BrO4S. The zero-order valence-corrected chi connectivity index (χ0v) is 11.7. The van der Waals surface area contributed by atoms with Gasteiger partial charge in [0.25, 0.3) is 0 Å². The Morgan fingerprint density at radius 3 is 2.47 bits per heavy atom. The first kappa shape index (κ1) is 14.2. The molecule has 1 aromatic rings. The number of sulfone groups is 1. The van der Waals surface area contributed by atoms with E-state index in [1.54, 1.807) is 37.3 Å². The number of hydrogen-bond donors (Lipinski definition) is 0. The standard InChI is InChI=1S/C11H13BrO4S/c1-2-16-11(13)10(12)17(14,15)8-9-6-4-3-5-7-9/h3-7,10H,2,8H2,1H3. The topological polar surface area (TPSA) is 60.4 Å². The first-order chi connectivity index (χ1) is 7.97. The van der Waals surface area contributed by atoms with E-state index in [1.165, 1.54) is 0 Å². The van der Waals surface area contributed by atoms with Gasteiger partial charge in [-0.25, -0.2) is 13.2 Å².